The molecule has 0 bridgehead atoms. The molecular weight excluding hydrogens is 364 g/mol. The van der Waals surface area contributed by atoms with E-state index in [1.165, 1.54) is 4.90 Å². The Morgan fingerprint density at radius 2 is 1.86 bits per heavy atom. The van der Waals surface area contributed by atoms with Crippen molar-refractivity contribution in [2.24, 2.45) is 0 Å². The van der Waals surface area contributed by atoms with Gasteiger partial charge in [-0.05, 0) is 48.9 Å². The van der Waals surface area contributed by atoms with Gasteiger partial charge in [0.25, 0.3) is 0 Å². The van der Waals surface area contributed by atoms with Crippen LogP contribution in [0.3, 0.4) is 0 Å². The predicted molar refractivity (Wildman–Crippen MR) is 112 cm³/mol. The summed E-state index contributed by atoms with van der Waals surface area (Å²) in [6.45, 7) is 4.48. The van der Waals surface area contributed by atoms with E-state index >= 15 is 0 Å². The lowest BCUT2D eigenvalue weighted by Crippen LogP contribution is -2.49. The fraction of sp³-hybridized carbons (Fsp3) is 0.458. The van der Waals surface area contributed by atoms with Crippen LogP contribution in [0.25, 0.3) is 10.8 Å². The number of imide groups is 1. The monoisotopic (exact) mass is 392 g/mol. The molecule has 0 aromatic heterocycles. The summed E-state index contributed by atoms with van der Waals surface area (Å²) >= 11 is 0. The van der Waals surface area contributed by atoms with E-state index in [-0.39, 0.29) is 36.7 Å². The van der Waals surface area contributed by atoms with Crippen LogP contribution in [0.4, 0.5) is 0 Å². The first-order valence-electron chi connectivity index (χ1n) is 10.6. The van der Waals surface area contributed by atoms with E-state index < -0.39 is 5.41 Å². The molecule has 0 saturated carbocycles. The third-order valence-electron chi connectivity index (χ3n) is 6.62. The van der Waals surface area contributed by atoms with E-state index in [2.05, 4.69) is 6.92 Å². The standard InChI is InChI=1S/C24H28N2O3/c1-3-20-10-6-7-13-25(20)22(28)16-26-21(27)15-24(2,23(26)29)19-12-11-17-8-4-5-9-18(17)14-19/h4-5,8-9,11-12,14,20H,3,6-7,10,13,15-16H2,1-2H3. The van der Waals surface area contributed by atoms with Crippen molar-refractivity contribution in [3.05, 3.63) is 48.0 Å². The maximum Gasteiger partial charge on any atom is 0.242 e. The minimum atomic E-state index is -0.923. The maximum atomic E-state index is 13.3. The minimum Gasteiger partial charge on any atom is -0.338 e. The number of rotatable bonds is 4. The molecule has 2 aliphatic rings. The molecule has 152 valence electrons. The van der Waals surface area contributed by atoms with E-state index in [9.17, 15) is 14.4 Å². The average Bonchev–Trinajstić information content (AvgIpc) is 2.97. The van der Waals surface area contributed by atoms with Crippen LogP contribution >= 0.6 is 0 Å². The Balaban J connectivity index is 1.56. The summed E-state index contributed by atoms with van der Waals surface area (Å²) < 4.78 is 0. The number of likely N-dealkylation sites (tertiary alicyclic amines) is 2. The predicted octanol–water partition coefficient (Wildman–Crippen LogP) is 3.65. The van der Waals surface area contributed by atoms with Gasteiger partial charge in [-0.1, -0.05) is 49.4 Å². The third-order valence-corrected chi connectivity index (χ3v) is 6.62. The SMILES string of the molecule is CCC1CCCCN1C(=O)CN1C(=O)CC(C)(c2ccc3ccccc3c2)C1=O. The number of piperidine rings is 1. The number of nitrogens with zero attached hydrogens (tertiary/aromatic N) is 2. The van der Waals surface area contributed by atoms with Gasteiger partial charge >= 0.3 is 0 Å². The van der Waals surface area contributed by atoms with Crippen LogP contribution in [0.15, 0.2) is 42.5 Å². The average molecular weight is 392 g/mol. The van der Waals surface area contributed by atoms with Gasteiger partial charge in [0.05, 0.1) is 5.41 Å². The first-order chi connectivity index (χ1) is 13.9. The lowest BCUT2D eigenvalue weighted by atomic mass is 9.80. The lowest BCUT2D eigenvalue weighted by Gasteiger charge is -2.36. The van der Waals surface area contributed by atoms with Crippen LogP contribution in [0.2, 0.25) is 0 Å². The molecule has 2 heterocycles. The van der Waals surface area contributed by atoms with Gasteiger partial charge in [0, 0.05) is 19.0 Å². The molecule has 4 rings (SSSR count). The molecule has 2 aromatic rings. The summed E-state index contributed by atoms with van der Waals surface area (Å²) in [5, 5.41) is 2.14. The molecule has 2 fully saturated rings. The number of hydrogen-bond donors (Lipinski definition) is 0. The molecule has 2 aromatic carbocycles. The lowest BCUT2D eigenvalue weighted by molar-refractivity contribution is -0.148. The molecule has 5 nitrogen and oxygen atoms in total. The van der Waals surface area contributed by atoms with Crippen molar-refractivity contribution in [1.29, 1.82) is 0 Å². The smallest absolute Gasteiger partial charge is 0.242 e. The molecule has 0 spiro atoms. The summed E-state index contributed by atoms with van der Waals surface area (Å²) in [6.07, 6.45) is 4.12. The molecule has 29 heavy (non-hydrogen) atoms. The Bertz CT molecular complexity index is 970. The quantitative estimate of drug-likeness (QED) is 0.747. The maximum absolute atomic E-state index is 13.3. The molecule has 2 unspecified atom stereocenters. The van der Waals surface area contributed by atoms with E-state index in [1.807, 2.05) is 54.3 Å². The van der Waals surface area contributed by atoms with E-state index in [0.29, 0.717) is 0 Å². The summed E-state index contributed by atoms with van der Waals surface area (Å²) in [5.41, 5.74) is -0.0955. The van der Waals surface area contributed by atoms with Gasteiger partial charge < -0.3 is 4.90 Å². The molecule has 2 atom stereocenters. The molecule has 5 heteroatoms. The van der Waals surface area contributed by atoms with Crippen LogP contribution in [-0.4, -0.2) is 46.7 Å². The van der Waals surface area contributed by atoms with Gasteiger partial charge in [-0.25, -0.2) is 0 Å². The van der Waals surface area contributed by atoms with Crippen LogP contribution in [0.1, 0.15) is 51.5 Å². The number of fused-ring (bicyclic) bond motifs is 1. The Kier molecular flexibility index (Phi) is 5.15. The summed E-state index contributed by atoms with van der Waals surface area (Å²) in [5.74, 6) is -0.638. The Labute approximate surface area is 171 Å². The van der Waals surface area contributed by atoms with Crippen LogP contribution in [0, 0.1) is 0 Å². The van der Waals surface area contributed by atoms with Gasteiger partial charge in [-0.3, -0.25) is 19.3 Å². The number of carbonyl (C=O) groups is 3. The highest BCUT2D eigenvalue weighted by atomic mass is 16.2. The second-order valence-corrected chi connectivity index (χ2v) is 8.50. The second kappa shape index (κ2) is 7.62. The molecule has 3 amide bonds. The van der Waals surface area contributed by atoms with Crippen molar-refractivity contribution in [2.75, 3.05) is 13.1 Å². The molecule has 0 radical (unpaired) electrons. The zero-order valence-electron chi connectivity index (χ0n) is 17.2. The zero-order valence-corrected chi connectivity index (χ0v) is 17.2. The van der Waals surface area contributed by atoms with Crippen molar-refractivity contribution < 1.29 is 14.4 Å². The fourth-order valence-corrected chi connectivity index (χ4v) is 4.78. The van der Waals surface area contributed by atoms with Crippen molar-refractivity contribution in [1.82, 2.24) is 9.80 Å². The zero-order chi connectivity index (χ0) is 20.6. The second-order valence-electron chi connectivity index (χ2n) is 8.50. The molecule has 2 saturated heterocycles. The van der Waals surface area contributed by atoms with Crippen molar-refractivity contribution in [3.63, 3.8) is 0 Å². The summed E-state index contributed by atoms with van der Waals surface area (Å²) in [4.78, 5) is 42.0. The van der Waals surface area contributed by atoms with E-state index in [4.69, 9.17) is 0 Å². The number of amides is 3. The summed E-state index contributed by atoms with van der Waals surface area (Å²) in [7, 11) is 0. The van der Waals surface area contributed by atoms with Gasteiger partial charge in [0.15, 0.2) is 0 Å². The molecule has 2 aliphatic heterocycles. The fourth-order valence-electron chi connectivity index (χ4n) is 4.78. The third kappa shape index (κ3) is 3.43. The highest BCUT2D eigenvalue weighted by Crippen LogP contribution is 2.37. The molecule has 0 N–H and O–H groups in total. The first kappa shape index (κ1) is 19.6. The number of hydrogen-bond acceptors (Lipinski definition) is 3. The summed E-state index contributed by atoms with van der Waals surface area (Å²) in [6, 6.07) is 14.1. The van der Waals surface area contributed by atoms with E-state index in [0.717, 1.165) is 48.6 Å². The molecule has 0 aliphatic carbocycles. The Morgan fingerprint density at radius 3 is 2.62 bits per heavy atom. The molecular formula is C24H28N2O3. The number of carbonyl (C=O) groups excluding carboxylic acids is 3. The largest absolute Gasteiger partial charge is 0.338 e. The minimum absolute atomic E-state index is 0.106. The van der Waals surface area contributed by atoms with Crippen molar-refractivity contribution in [2.45, 2.75) is 57.4 Å². The highest BCUT2D eigenvalue weighted by Gasteiger charge is 2.50. The number of benzene rings is 2. The van der Waals surface area contributed by atoms with Crippen LogP contribution < -0.4 is 0 Å². The Morgan fingerprint density at radius 1 is 1.10 bits per heavy atom. The van der Waals surface area contributed by atoms with Gasteiger partial charge in [0.1, 0.15) is 6.54 Å². The Hall–Kier alpha value is -2.69. The van der Waals surface area contributed by atoms with Crippen LogP contribution in [-0.2, 0) is 19.8 Å². The first-order valence-corrected chi connectivity index (χ1v) is 10.6. The van der Waals surface area contributed by atoms with Gasteiger partial charge in [-0.2, -0.15) is 0 Å². The van der Waals surface area contributed by atoms with Gasteiger partial charge in [-0.15, -0.1) is 0 Å². The topological polar surface area (TPSA) is 57.7 Å². The van der Waals surface area contributed by atoms with Crippen molar-refractivity contribution >= 4 is 28.5 Å². The normalized spacial score (nSPS) is 25.1. The van der Waals surface area contributed by atoms with E-state index in [1.54, 1.807) is 0 Å². The van der Waals surface area contributed by atoms with Gasteiger partial charge in [0.2, 0.25) is 17.7 Å². The highest BCUT2D eigenvalue weighted by molar-refractivity contribution is 6.11. The van der Waals surface area contributed by atoms with Crippen LogP contribution in [0.5, 0.6) is 0 Å². The van der Waals surface area contributed by atoms with Crippen molar-refractivity contribution in [3.8, 4) is 0 Å².